The molecule has 1 saturated heterocycles. The van der Waals surface area contributed by atoms with Gasteiger partial charge in [0.15, 0.2) is 0 Å². The van der Waals surface area contributed by atoms with E-state index < -0.39 is 17.6 Å². The van der Waals surface area contributed by atoms with Gasteiger partial charge in [0.2, 0.25) is 5.91 Å². The zero-order valence-corrected chi connectivity index (χ0v) is 16.1. The second kappa shape index (κ2) is 8.84. The van der Waals surface area contributed by atoms with Gasteiger partial charge in [0.1, 0.15) is 0 Å². The molecule has 1 aliphatic heterocycles. The van der Waals surface area contributed by atoms with E-state index >= 15 is 0 Å². The minimum atomic E-state index is -4.50. The molecule has 0 spiro atoms. The molecule has 0 aliphatic carbocycles. The first-order valence-corrected chi connectivity index (χ1v) is 9.35. The maximum absolute atomic E-state index is 12.8. The monoisotopic (exact) mass is 425 g/mol. The lowest BCUT2D eigenvalue weighted by molar-refractivity contribution is -0.137. The molecule has 1 fully saturated rings. The highest BCUT2D eigenvalue weighted by molar-refractivity contribution is 6.33. The van der Waals surface area contributed by atoms with Crippen molar-refractivity contribution in [1.29, 1.82) is 0 Å². The SMILES string of the molecule is O=C(CN1CCN(C(=O)c2cccc(C(F)(F)F)c2)CC1)Nc1ccccc1Cl. The smallest absolute Gasteiger partial charge is 0.336 e. The number of carbonyl (C=O) groups excluding carboxylic acids is 2. The van der Waals surface area contributed by atoms with Crippen LogP contribution in [0.1, 0.15) is 15.9 Å². The lowest BCUT2D eigenvalue weighted by Crippen LogP contribution is -2.50. The van der Waals surface area contributed by atoms with Gasteiger partial charge in [0.25, 0.3) is 5.91 Å². The van der Waals surface area contributed by atoms with Crippen LogP contribution in [0.3, 0.4) is 0 Å². The predicted octanol–water partition coefficient (Wildman–Crippen LogP) is 3.76. The summed E-state index contributed by atoms with van der Waals surface area (Å²) < 4.78 is 38.5. The number of hydrogen-bond acceptors (Lipinski definition) is 3. The first kappa shape index (κ1) is 21.1. The van der Waals surface area contributed by atoms with E-state index in [1.807, 2.05) is 4.90 Å². The number of para-hydroxylation sites is 1. The average Bonchev–Trinajstić information content (AvgIpc) is 2.69. The van der Waals surface area contributed by atoms with Crippen LogP contribution in [0.25, 0.3) is 0 Å². The van der Waals surface area contributed by atoms with Crippen molar-refractivity contribution in [2.24, 2.45) is 0 Å². The molecule has 0 atom stereocenters. The molecule has 1 heterocycles. The number of amides is 2. The summed E-state index contributed by atoms with van der Waals surface area (Å²) in [5.74, 6) is -0.674. The van der Waals surface area contributed by atoms with Gasteiger partial charge < -0.3 is 10.2 Å². The number of piperazine rings is 1. The highest BCUT2D eigenvalue weighted by Crippen LogP contribution is 2.29. The third-order valence-electron chi connectivity index (χ3n) is 4.61. The fourth-order valence-electron chi connectivity index (χ4n) is 3.08. The van der Waals surface area contributed by atoms with Crippen LogP contribution >= 0.6 is 11.6 Å². The van der Waals surface area contributed by atoms with E-state index in [4.69, 9.17) is 11.6 Å². The largest absolute Gasteiger partial charge is 0.416 e. The molecule has 0 radical (unpaired) electrons. The fourth-order valence-corrected chi connectivity index (χ4v) is 3.26. The zero-order chi connectivity index (χ0) is 21.0. The molecular formula is C20H19ClF3N3O2. The van der Waals surface area contributed by atoms with Crippen molar-refractivity contribution in [3.63, 3.8) is 0 Å². The highest BCUT2D eigenvalue weighted by atomic mass is 35.5. The van der Waals surface area contributed by atoms with Gasteiger partial charge in [0, 0.05) is 31.7 Å². The Kier molecular flexibility index (Phi) is 6.44. The summed E-state index contributed by atoms with van der Waals surface area (Å²) in [6, 6.07) is 11.3. The number of halogens is 4. The second-order valence-corrected chi connectivity index (χ2v) is 7.08. The van der Waals surface area contributed by atoms with E-state index in [0.717, 1.165) is 12.1 Å². The summed E-state index contributed by atoms with van der Waals surface area (Å²) in [6.07, 6.45) is -4.50. The van der Waals surface area contributed by atoms with E-state index in [1.165, 1.54) is 17.0 Å². The van der Waals surface area contributed by atoms with Crippen LogP contribution < -0.4 is 5.32 Å². The summed E-state index contributed by atoms with van der Waals surface area (Å²) in [4.78, 5) is 28.1. The fraction of sp³-hybridized carbons (Fsp3) is 0.300. The molecule has 0 aromatic heterocycles. The van der Waals surface area contributed by atoms with E-state index in [0.29, 0.717) is 36.9 Å². The van der Waals surface area contributed by atoms with Crippen molar-refractivity contribution < 1.29 is 22.8 Å². The van der Waals surface area contributed by atoms with E-state index in [-0.39, 0.29) is 18.0 Å². The second-order valence-electron chi connectivity index (χ2n) is 6.67. The van der Waals surface area contributed by atoms with Crippen molar-refractivity contribution in [2.75, 3.05) is 38.0 Å². The molecule has 5 nitrogen and oxygen atoms in total. The Labute approximate surface area is 171 Å². The van der Waals surface area contributed by atoms with Gasteiger partial charge in [-0.3, -0.25) is 14.5 Å². The molecule has 2 aromatic rings. The Balaban J connectivity index is 1.53. The molecule has 9 heteroatoms. The van der Waals surface area contributed by atoms with E-state index in [9.17, 15) is 22.8 Å². The molecule has 1 aliphatic rings. The highest BCUT2D eigenvalue weighted by Gasteiger charge is 2.31. The molecule has 29 heavy (non-hydrogen) atoms. The maximum Gasteiger partial charge on any atom is 0.416 e. The Morgan fingerprint density at radius 3 is 2.34 bits per heavy atom. The summed E-state index contributed by atoms with van der Waals surface area (Å²) in [5, 5.41) is 3.18. The summed E-state index contributed by atoms with van der Waals surface area (Å²) in [7, 11) is 0. The molecular weight excluding hydrogens is 407 g/mol. The lowest BCUT2D eigenvalue weighted by Gasteiger charge is -2.34. The topological polar surface area (TPSA) is 52.7 Å². The van der Waals surface area contributed by atoms with Crippen LogP contribution in [-0.2, 0) is 11.0 Å². The van der Waals surface area contributed by atoms with Crippen LogP contribution in [0.2, 0.25) is 5.02 Å². The van der Waals surface area contributed by atoms with Crippen LogP contribution in [0.4, 0.5) is 18.9 Å². The Morgan fingerprint density at radius 1 is 1.00 bits per heavy atom. The lowest BCUT2D eigenvalue weighted by atomic mass is 10.1. The van der Waals surface area contributed by atoms with Gasteiger partial charge in [-0.2, -0.15) is 13.2 Å². The first-order valence-electron chi connectivity index (χ1n) is 8.97. The Morgan fingerprint density at radius 2 is 1.69 bits per heavy atom. The van der Waals surface area contributed by atoms with Gasteiger partial charge in [-0.1, -0.05) is 29.8 Å². The molecule has 154 valence electrons. The van der Waals surface area contributed by atoms with Crippen molar-refractivity contribution in [2.45, 2.75) is 6.18 Å². The average molecular weight is 426 g/mol. The molecule has 0 saturated carbocycles. The number of carbonyl (C=O) groups is 2. The molecule has 2 aromatic carbocycles. The van der Waals surface area contributed by atoms with Gasteiger partial charge >= 0.3 is 6.18 Å². The summed E-state index contributed by atoms with van der Waals surface area (Å²) in [5.41, 5.74) is -0.319. The van der Waals surface area contributed by atoms with Crippen LogP contribution in [0, 0.1) is 0 Å². The maximum atomic E-state index is 12.8. The Hall–Kier alpha value is -2.58. The normalized spacial score (nSPS) is 15.2. The number of alkyl halides is 3. The van der Waals surface area contributed by atoms with Crippen molar-refractivity contribution in [3.8, 4) is 0 Å². The first-order chi connectivity index (χ1) is 13.7. The predicted molar refractivity (Wildman–Crippen MR) is 104 cm³/mol. The molecule has 3 rings (SSSR count). The molecule has 1 N–H and O–H groups in total. The quantitative estimate of drug-likeness (QED) is 0.811. The molecule has 2 amide bonds. The molecule has 0 bridgehead atoms. The van der Waals surface area contributed by atoms with Crippen molar-refractivity contribution in [1.82, 2.24) is 9.80 Å². The summed E-state index contributed by atoms with van der Waals surface area (Å²) in [6.45, 7) is 1.68. The van der Waals surface area contributed by atoms with E-state index in [2.05, 4.69) is 5.32 Å². The van der Waals surface area contributed by atoms with Crippen LogP contribution in [0.15, 0.2) is 48.5 Å². The number of rotatable bonds is 4. The minimum absolute atomic E-state index is 0.00439. The van der Waals surface area contributed by atoms with Gasteiger partial charge in [-0.05, 0) is 30.3 Å². The minimum Gasteiger partial charge on any atom is -0.336 e. The van der Waals surface area contributed by atoms with Gasteiger partial charge in [-0.15, -0.1) is 0 Å². The third-order valence-corrected chi connectivity index (χ3v) is 4.94. The van der Waals surface area contributed by atoms with Crippen molar-refractivity contribution >= 4 is 29.1 Å². The number of anilines is 1. The Bertz CT molecular complexity index is 897. The number of benzene rings is 2. The van der Waals surface area contributed by atoms with Crippen LogP contribution in [-0.4, -0.2) is 54.3 Å². The zero-order valence-electron chi connectivity index (χ0n) is 15.4. The van der Waals surface area contributed by atoms with Gasteiger partial charge in [-0.25, -0.2) is 0 Å². The summed E-state index contributed by atoms with van der Waals surface area (Å²) >= 11 is 6.02. The van der Waals surface area contributed by atoms with Gasteiger partial charge in [0.05, 0.1) is 22.8 Å². The van der Waals surface area contributed by atoms with E-state index in [1.54, 1.807) is 24.3 Å². The molecule has 0 unspecified atom stereocenters. The number of nitrogens with zero attached hydrogens (tertiary/aromatic N) is 2. The standard InChI is InChI=1S/C20H19ClF3N3O2/c21-16-6-1-2-7-17(16)25-18(28)13-26-8-10-27(11-9-26)19(29)14-4-3-5-15(12-14)20(22,23)24/h1-7,12H,8-11,13H2,(H,25,28). The number of hydrogen-bond donors (Lipinski definition) is 1. The number of nitrogens with one attached hydrogen (secondary N) is 1. The van der Waals surface area contributed by atoms with Crippen LogP contribution in [0.5, 0.6) is 0 Å². The third kappa shape index (κ3) is 5.48. The van der Waals surface area contributed by atoms with Crippen molar-refractivity contribution in [3.05, 3.63) is 64.7 Å².